The quantitative estimate of drug-likeness (QED) is 0.549. The normalized spacial score (nSPS) is 10.4. The Morgan fingerprint density at radius 1 is 0.964 bits per heavy atom. The molecular weight excluding hydrogens is 372 g/mol. The smallest absolute Gasteiger partial charge is 0.262 e. The summed E-state index contributed by atoms with van der Waals surface area (Å²) in [6.07, 6.45) is 0. The summed E-state index contributed by atoms with van der Waals surface area (Å²) in [4.78, 5) is 12.1. The molecule has 3 aromatic rings. The Balaban J connectivity index is 1.51. The van der Waals surface area contributed by atoms with Crippen molar-refractivity contribution in [3.05, 3.63) is 88.4 Å². The SMILES string of the molecule is Cc1ccc(NC(=O)COc2cccc(CNc3ccc(C)c(Cl)c3)c2)cc1. The van der Waals surface area contributed by atoms with Crippen LogP contribution < -0.4 is 15.4 Å². The van der Waals surface area contributed by atoms with Gasteiger partial charge in [0.25, 0.3) is 5.91 Å². The third kappa shape index (κ3) is 5.76. The molecule has 28 heavy (non-hydrogen) atoms. The summed E-state index contributed by atoms with van der Waals surface area (Å²) < 4.78 is 5.63. The highest BCUT2D eigenvalue weighted by Crippen LogP contribution is 2.21. The zero-order chi connectivity index (χ0) is 19.9. The summed E-state index contributed by atoms with van der Waals surface area (Å²) >= 11 is 6.16. The molecule has 0 aliphatic carbocycles. The molecule has 0 atom stereocenters. The van der Waals surface area contributed by atoms with Crippen LogP contribution >= 0.6 is 11.6 Å². The Labute approximate surface area is 170 Å². The number of benzene rings is 3. The molecule has 0 aliphatic rings. The Bertz CT molecular complexity index is 955. The van der Waals surface area contributed by atoms with E-state index in [2.05, 4.69) is 10.6 Å². The summed E-state index contributed by atoms with van der Waals surface area (Å²) in [5.74, 6) is 0.460. The minimum atomic E-state index is -0.193. The van der Waals surface area contributed by atoms with Gasteiger partial charge in [0.1, 0.15) is 5.75 Å². The molecule has 0 heterocycles. The summed E-state index contributed by atoms with van der Waals surface area (Å²) in [6.45, 7) is 4.57. The predicted octanol–water partition coefficient (Wildman–Crippen LogP) is 5.59. The molecule has 3 aromatic carbocycles. The van der Waals surface area contributed by atoms with E-state index in [1.165, 1.54) is 0 Å². The van der Waals surface area contributed by atoms with E-state index in [1.807, 2.05) is 80.6 Å². The van der Waals surface area contributed by atoms with E-state index in [0.29, 0.717) is 12.3 Å². The number of nitrogens with one attached hydrogen (secondary N) is 2. The first kappa shape index (κ1) is 19.8. The Morgan fingerprint density at radius 3 is 2.46 bits per heavy atom. The third-order valence-corrected chi connectivity index (χ3v) is 4.68. The molecule has 5 heteroatoms. The maximum absolute atomic E-state index is 12.1. The molecule has 0 radical (unpaired) electrons. The van der Waals surface area contributed by atoms with Gasteiger partial charge in [-0.05, 0) is 61.4 Å². The van der Waals surface area contributed by atoms with Gasteiger partial charge >= 0.3 is 0 Å². The van der Waals surface area contributed by atoms with Crippen molar-refractivity contribution >= 4 is 28.9 Å². The molecule has 0 unspecified atom stereocenters. The van der Waals surface area contributed by atoms with Gasteiger partial charge in [-0.2, -0.15) is 0 Å². The van der Waals surface area contributed by atoms with Crippen molar-refractivity contribution in [1.82, 2.24) is 0 Å². The second kappa shape index (κ2) is 9.29. The van der Waals surface area contributed by atoms with Crippen LogP contribution in [0, 0.1) is 13.8 Å². The average molecular weight is 395 g/mol. The van der Waals surface area contributed by atoms with Gasteiger partial charge in [-0.15, -0.1) is 0 Å². The topological polar surface area (TPSA) is 50.4 Å². The van der Waals surface area contributed by atoms with Crippen molar-refractivity contribution in [3.63, 3.8) is 0 Å². The number of anilines is 2. The molecule has 0 saturated heterocycles. The first-order valence-corrected chi connectivity index (χ1v) is 9.46. The standard InChI is InChI=1S/C23H23ClN2O2/c1-16-6-9-19(10-7-16)26-23(27)15-28-21-5-3-4-18(12-21)14-25-20-11-8-17(2)22(24)13-20/h3-13,25H,14-15H2,1-2H3,(H,26,27). The van der Waals surface area contributed by atoms with Crippen molar-refractivity contribution in [2.75, 3.05) is 17.2 Å². The van der Waals surface area contributed by atoms with Crippen LogP contribution in [-0.4, -0.2) is 12.5 Å². The largest absolute Gasteiger partial charge is 0.484 e. The zero-order valence-corrected chi connectivity index (χ0v) is 16.7. The zero-order valence-electron chi connectivity index (χ0n) is 16.0. The van der Waals surface area contributed by atoms with E-state index in [9.17, 15) is 4.79 Å². The maximum Gasteiger partial charge on any atom is 0.262 e. The number of carbonyl (C=O) groups is 1. The van der Waals surface area contributed by atoms with Crippen molar-refractivity contribution in [2.45, 2.75) is 20.4 Å². The Morgan fingerprint density at radius 2 is 1.71 bits per heavy atom. The van der Waals surface area contributed by atoms with Crippen molar-refractivity contribution < 1.29 is 9.53 Å². The first-order valence-electron chi connectivity index (χ1n) is 9.08. The number of carbonyl (C=O) groups excluding carboxylic acids is 1. The minimum absolute atomic E-state index is 0.0433. The molecular formula is C23H23ClN2O2. The number of hydrogen-bond donors (Lipinski definition) is 2. The number of ether oxygens (including phenoxy) is 1. The lowest BCUT2D eigenvalue weighted by atomic mass is 10.2. The summed E-state index contributed by atoms with van der Waals surface area (Å²) in [7, 11) is 0. The van der Waals surface area contributed by atoms with Crippen LogP contribution in [0.15, 0.2) is 66.7 Å². The molecule has 2 N–H and O–H groups in total. The van der Waals surface area contributed by atoms with Crippen LogP contribution in [0.5, 0.6) is 5.75 Å². The second-order valence-electron chi connectivity index (χ2n) is 6.67. The molecule has 1 amide bonds. The summed E-state index contributed by atoms with van der Waals surface area (Å²) in [5.41, 5.74) is 4.96. The fourth-order valence-electron chi connectivity index (χ4n) is 2.64. The van der Waals surface area contributed by atoms with E-state index in [1.54, 1.807) is 0 Å². The van der Waals surface area contributed by atoms with Crippen molar-refractivity contribution in [1.29, 1.82) is 0 Å². The van der Waals surface area contributed by atoms with Crippen LogP contribution in [0.3, 0.4) is 0 Å². The fourth-order valence-corrected chi connectivity index (χ4v) is 2.82. The highest BCUT2D eigenvalue weighted by molar-refractivity contribution is 6.31. The number of rotatable bonds is 7. The molecule has 3 rings (SSSR count). The lowest BCUT2D eigenvalue weighted by molar-refractivity contribution is -0.118. The number of hydrogen-bond acceptors (Lipinski definition) is 3. The lowest BCUT2D eigenvalue weighted by Crippen LogP contribution is -2.20. The second-order valence-corrected chi connectivity index (χ2v) is 7.07. The van der Waals surface area contributed by atoms with E-state index in [-0.39, 0.29) is 12.5 Å². The van der Waals surface area contributed by atoms with Crippen LogP contribution in [-0.2, 0) is 11.3 Å². The number of aryl methyl sites for hydroxylation is 2. The van der Waals surface area contributed by atoms with Crippen LogP contribution in [0.25, 0.3) is 0 Å². The summed E-state index contributed by atoms with van der Waals surface area (Å²) in [5, 5.41) is 6.90. The number of halogens is 1. The maximum atomic E-state index is 12.1. The Kier molecular flexibility index (Phi) is 6.56. The fraction of sp³-hybridized carbons (Fsp3) is 0.174. The highest BCUT2D eigenvalue weighted by Gasteiger charge is 2.05. The monoisotopic (exact) mass is 394 g/mol. The molecule has 0 bridgehead atoms. The van der Waals surface area contributed by atoms with E-state index in [0.717, 1.165) is 33.1 Å². The van der Waals surface area contributed by atoms with Gasteiger partial charge in [-0.1, -0.05) is 47.5 Å². The Hall–Kier alpha value is -2.98. The van der Waals surface area contributed by atoms with Crippen LogP contribution in [0.4, 0.5) is 11.4 Å². The molecule has 4 nitrogen and oxygen atoms in total. The van der Waals surface area contributed by atoms with E-state index in [4.69, 9.17) is 16.3 Å². The van der Waals surface area contributed by atoms with Gasteiger partial charge in [0, 0.05) is 22.9 Å². The van der Waals surface area contributed by atoms with E-state index < -0.39 is 0 Å². The first-order chi connectivity index (χ1) is 13.5. The van der Waals surface area contributed by atoms with Gasteiger partial charge in [0.2, 0.25) is 0 Å². The molecule has 0 saturated carbocycles. The van der Waals surface area contributed by atoms with Gasteiger partial charge < -0.3 is 15.4 Å². The van der Waals surface area contributed by atoms with Crippen LogP contribution in [0.2, 0.25) is 5.02 Å². The highest BCUT2D eigenvalue weighted by atomic mass is 35.5. The molecule has 144 valence electrons. The third-order valence-electron chi connectivity index (χ3n) is 4.27. The van der Waals surface area contributed by atoms with E-state index >= 15 is 0 Å². The van der Waals surface area contributed by atoms with Gasteiger partial charge in [-0.3, -0.25) is 4.79 Å². The molecule has 0 fully saturated rings. The van der Waals surface area contributed by atoms with Crippen LogP contribution in [0.1, 0.15) is 16.7 Å². The molecule has 0 aromatic heterocycles. The summed E-state index contributed by atoms with van der Waals surface area (Å²) in [6, 6.07) is 21.2. The van der Waals surface area contributed by atoms with Crippen molar-refractivity contribution in [2.24, 2.45) is 0 Å². The van der Waals surface area contributed by atoms with Gasteiger partial charge in [-0.25, -0.2) is 0 Å². The van der Waals surface area contributed by atoms with Crippen molar-refractivity contribution in [3.8, 4) is 5.75 Å². The number of amides is 1. The minimum Gasteiger partial charge on any atom is -0.484 e. The van der Waals surface area contributed by atoms with Gasteiger partial charge in [0.15, 0.2) is 6.61 Å². The predicted molar refractivity (Wildman–Crippen MR) is 115 cm³/mol. The molecule has 0 spiro atoms. The lowest BCUT2D eigenvalue weighted by Gasteiger charge is -2.11. The average Bonchev–Trinajstić information content (AvgIpc) is 2.69. The van der Waals surface area contributed by atoms with Gasteiger partial charge in [0.05, 0.1) is 0 Å². The molecule has 0 aliphatic heterocycles.